The predicted molar refractivity (Wildman–Crippen MR) is 74.6 cm³/mol. The molecule has 1 saturated heterocycles. The maximum Gasteiger partial charge on any atom is 0.227 e. The van der Waals surface area contributed by atoms with Gasteiger partial charge in [0.2, 0.25) is 5.91 Å². The third-order valence-electron chi connectivity index (χ3n) is 3.82. The molecule has 1 amide bonds. The van der Waals surface area contributed by atoms with Gasteiger partial charge in [0, 0.05) is 31.5 Å². The molecule has 98 valence electrons. The fourth-order valence-corrected chi connectivity index (χ4v) is 2.62. The fourth-order valence-electron chi connectivity index (χ4n) is 2.62. The van der Waals surface area contributed by atoms with E-state index in [1.165, 1.54) is 5.56 Å². The highest BCUT2D eigenvalue weighted by Gasteiger charge is 2.40. The van der Waals surface area contributed by atoms with Crippen LogP contribution in [0.3, 0.4) is 0 Å². The summed E-state index contributed by atoms with van der Waals surface area (Å²) in [6.45, 7) is 5.74. The van der Waals surface area contributed by atoms with Crippen LogP contribution in [0.25, 0.3) is 0 Å². The van der Waals surface area contributed by atoms with Crippen LogP contribution in [-0.4, -0.2) is 26.0 Å². The number of nitrogen functional groups attached to an aromatic ring is 1. The summed E-state index contributed by atoms with van der Waals surface area (Å²) in [6, 6.07) is 5.93. The highest BCUT2D eigenvalue weighted by Crippen LogP contribution is 2.35. The highest BCUT2D eigenvalue weighted by atomic mass is 16.2. The number of carbonyl (C=O) groups is 1. The summed E-state index contributed by atoms with van der Waals surface area (Å²) >= 11 is 0. The molecule has 1 aliphatic heterocycles. The number of rotatable bonds is 2. The number of nitrogens with one attached hydrogen (secondary N) is 1. The zero-order chi connectivity index (χ0) is 13.3. The molecule has 0 aromatic heterocycles. The molecule has 1 fully saturated rings. The van der Waals surface area contributed by atoms with E-state index in [1.54, 1.807) is 7.05 Å². The van der Waals surface area contributed by atoms with Crippen molar-refractivity contribution < 1.29 is 4.79 Å². The average molecular weight is 247 g/mol. The van der Waals surface area contributed by atoms with Crippen molar-refractivity contribution in [3.63, 3.8) is 0 Å². The number of amides is 1. The molecule has 1 unspecified atom stereocenters. The zero-order valence-electron chi connectivity index (χ0n) is 11.3. The first-order valence-corrected chi connectivity index (χ1v) is 6.29. The van der Waals surface area contributed by atoms with Gasteiger partial charge in [0.25, 0.3) is 0 Å². The van der Waals surface area contributed by atoms with E-state index in [2.05, 4.69) is 17.1 Å². The lowest BCUT2D eigenvalue weighted by Crippen LogP contribution is -2.39. The van der Waals surface area contributed by atoms with Gasteiger partial charge in [-0.25, -0.2) is 0 Å². The Balaban J connectivity index is 2.23. The lowest BCUT2D eigenvalue weighted by atomic mass is 9.89. The number of nitrogens with two attached hydrogens (primary N) is 1. The normalized spacial score (nSPS) is 23.2. The van der Waals surface area contributed by atoms with Crippen LogP contribution in [0.15, 0.2) is 18.2 Å². The Morgan fingerprint density at radius 3 is 2.89 bits per heavy atom. The molecule has 1 aromatic carbocycles. The zero-order valence-corrected chi connectivity index (χ0v) is 11.3. The van der Waals surface area contributed by atoms with Gasteiger partial charge in [-0.15, -0.1) is 0 Å². The van der Waals surface area contributed by atoms with Gasteiger partial charge in [0.15, 0.2) is 0 Å². The van der Waals surface area contributed by atoms with Gasteiger partial charge in [-0.1, -0.05) is 6.07 Å². The predicted octanol–water partition coefficient (Wildman–Crippen LogP) is 1.54. The first-order chi connectivity index (χ1) is 8.46. The maximum absolute atomic E-state index is 11.9. The Hall–Kier alpha value is -1.71. The molecule has 4 nitrogen and oxygen atoms in total. The third-order valence-corrected chi connectivity index (χ3v) is 3.82. The Labute approximate surface area is 108 Å². The molecule has 1 aliphatic rings. The van der Waals surface area contributed by atoms with E-state index >= 15 is 0 Å². The minimum atomic E-state index is -0.300. The molecule has 0 aliphatic carbocycles. The second-order valence-corrected chi connectivity index (χ2v) is 5.36. The molecule has 18 heavy (non-hydrogen) atoms. The number of hydrogen-bond donors (Lipinski definition) is 2. The lowest BCUT2D eigenvalue weighted by molar-refractivity contribution is -0.128. The first kappa shape index (κ1) is 12.7. The molecule has 1 aromatic rings. The van der Waals surface area contributed by atoms with Crippen molar-refractivity contribution in [3.8, 4) is 0 Å². The van der Waals surface area contributed by atoms with Crippen molar-refractivity contribution in [1.29, 1.82) is 0 Å². The van der Waals surface area contributed by atoms with E-state index in [0.29, 0.717) is 0 Å². The number of nitrogens with zero attached hydrogens (tertiary/aromatic N) is 1. The maximum atomic E-state index is 11.9. The minimum Gasteiger partial charge on any atom is -0.399 e. The fraction of sp³-hybridized carbons (Fsp3) is 0.500. The van der Waals surface area contributed by atoms with Crippen LogP contribution < -0.4 is 16.0 Å². The molecule has 2 rings (SSSR count). The van der Waals surface area contributed by atoms with Gasteiger partial charge in [-0.05, 0) is 38.0 Å². The smallest absolute Gasteiger partial charge is 0.227 e. The summed E-state index contributed by atoms with van der Waals surface area (Å²) < 4.78 is 0. The molecule has 3 N–H and O–H groups in total. The summed E-state index contributed by atoms with van der Waals surface area (Å²) in [4.78, 5) is 14.2. The number of aryl methyl sites for hydroxylation is 1. The largest absolute Gasteiger partial charge is 0.399 e. The number of anilines is 2. The van der Waals surface area contributed by atoms with Crippen LogP contribution in [0, 0.1) is 12.3 Å². The van der Waals surface area contributed by atoms with Gasteiger partial charge in [0.05, 0.1) is 5.41 Å². The Morgan fingerprint density at radius 1 is 1.50 bits per heavy atom. The van der Waals surface area contributed by atoms with Crippen LogP contribution in [0.4, 0.5) is 11.4 Å². The van der Waals surface area contributed by atoms with Crippen LogP contribution in [-0.2, 0) is 4.79 Å². The average Bonchev–Trinajstić information content (AvgIpc) is 2.75. The SMILES string of the molecule is CNC(=O)C1(C)CCN(c2cc(N)ccc2C)C1. The van der Waals surface area contributed by atoms with Crippen molar-refractivity contribution in [2.45, 2.75) is 20.3 Å². The molecular weight excluding hydrogens is 226 g/mol. The van der Waals surface area contributed by atoms with Crippen molar-refractivity contribution in [2.75, 3.05) is 30.8 Å². The van der Waals surface area contributed by atoms with Gasteiger partial charge < -0.3 is 16.0 Å². The van der Waals surface area contributed by atoms with E-state index in [-0.39, 0.29) is 11.3 Å². The second kappa shape index (κ2) is 4.52. The van der Waals surface area contributed by atoms with Gasteiger partial charge in [-0.3, -0.25) is 4.79 Å². The van der Waals surface area contributed by atoms with E-state index in [9.17, 15) is 4.79 Å². The molecule has 1 heterocycles. The number of benzene rings is 1. The molecule has 1 atom stereocenters. The van der Waals surface area contributed by atoms with Crippen molar-refractivity contribution in [1.82, 2.24) is 5.32 Å². The summed E-state index contributed by atoms with van der Waals surface area (Å²) in [5, 5.41) is 2.76. The molecule has 4 heteroatoms. The summed E-state index contributed by atoms with van der Waals surface area (Å²) in [7, 11) is 1.70. The van der Waals surface area contributed by atoms with E-state index in [4.69, 9.17) is 5.73 Å². The quantitative estimate of drug-likeness (QED) is 0.779. The lowest BCUT2D eigenvalue weighted by Gasteiger charge is -2.25. The van der Waals surface area contributed by atoms with Crippen LogP contribution in [0.2, 0.25) is 0 Å². The third kappa shape index (κ3) is 2.15. The number of hydrogen-bond acceptors (Lipinski definition) is 3. The standard InChI is InChI=1S/C14H21N3O/c1-10-4-5-11(15)8-12(10)17-7-6-14(2,9-17)13(18)16-3/h4-5,8H,6-7,9,15H2,1-3H3,(H,16,18). The Kier molecular flexibility index (Phi) is 3.20. The van der Waals surface area contributed by atoms with Crippen molar-refractivity contribution in [3.05, 3.63) is 23.8 Å². The summed E-state index contributed by atoms with van der Waals surface area (Å²) in [6.07, 6.45) is 0.876. The summed E-state index contributed by atoms with van der Waals surface area (Å²) in [5.41, 5.74) is 8.65. The Bertz CT molecular complexity index is 472. The molecule has 0 bridgehead atoms. The van der Waals surface area contributed by atoms with Gasteiger partial charge >= 0.3 is 0 Å². The molecule has 0 radical (unpaired) electrons. The Morgan fingerprint density at radius 2 is 2.22 bits per heavy atom. The van der Waals surface area contributed by atoms with E-state index < -0.39 is 0 Å². The topological polar surface area (TPSA) is 58.4 Å². The van der Waals surface area contributed by atoms with E-state index in [1.807, 2.05) is 25.1 Å². The van der Waals surface area contributed by atoms with E-state index in [0.717, 1.165) is 30.9 Å². The van der Waals surface area contributed by atoms with Gasteiger partial charge in [-0.2, -0.15) is 0 Å². The molecule has 0 saturated carbocycles. The highest BCUT2D eigenvalue weighted by molar-refractivity contribution is 5.83. The monoisotopic (exact) mass is 247 g/mol. The minimum absolute atomic E-state index is 0.117. The van der Waals surface area contributed by atoms with Crippen molar-refractivity contribution >= 4 is 17.3 Å². The van der Waals surface area contributed by atoms with Crippen LogP contribution >= 0.6 is 0 Å². The van der Waals surface area contributed by atoms with Gasteiger partial charge in [0.1, 0.15) is 0 Å². The summed E-state index contributed by atoms with van der Waals surface area (Å²) in [5.74, 6) is 0.117. The van der Waals surface area contributed by atoms with Crippen LogP contribution in [0.5, 0.6) is 0 Å². The second-order valence-electron chi connectivity index (χ2n) is 5.36. The first-order valence-electron chi connectivity index (χ1n) is 6.29. The van der Waals surface area contributed by atoms with Crippen molar-refractivity contribution in [2.24, 2.45) is 5.41 Å². The number of carbonyl (C=O) groups excluding carboxylic acids is 1. The molecular formula is C14H21N3O. The van der Waals surface area contributed by atoms with Crippen LogP contribution in [0.1, 0.15) is 18.9 Å². The molecule has 0 spiro atoms.